The molecule has 0 saturated heterocycles. The standard InChI is InChI=1S/C15H16N2O3S/c1-17-13(9-11-5-4-8-16-10-11)15(18)12-6-2-3-7-14(12)21(17,19)20/h2-8,10,13,15,18H,9H2,1H3/t13-,15+/m0/s1. The van der Waals surface area contributed by atoms with E-state index in [9.17, 15) is 13.5 Å². The van der Waals surface area contributed by atoms with Gasteiger partial charge in [0.25, 0.3) is 0 Å². The molecule has 3 rings (SSSR count). The summed E-state index contributed by atoms with van der Waals surface area (Å²) >= 11 is 0. The van der Waals surface area contributed by atoms with Crippen molar-refractivity contribution in [2.24, 2.45) is 0 Å². The lowest BCUT2D eigenvalue weighted by molar-refractivity contribution is 0.0891. The van der Waals surface area contributed by atoms with E-state index in [2.05, 4.69) is 4.98 Å². The summed E-state index contributed by atoms with van der Waals surface area (Å²) in [5, 5.41) is 10.6. The maximum absolute atomic E-state index is 12.5. The van der Waals surface area contributed by atoms with Crippen molar-refractivity contribution in [2.45, 2.75) is 23.5 Å². The Labute approximate surface area is 123 Å². The van der Waals surface area contributed by atoms with E-state index in [-0.39, 0.29) is 4.90 Å². The highest BCUT2D eigenvalue weighted by molar-refractivity contribution is 7.89. The third-order valence-corrected chi connectivity index (χ3v) is 5.85. The molecule has 1 aliphatic rings. The van der Waals surface area contributed by atoms with Gasteiger partial charge in [0, 0.05) is 25.0 Å². The van der Waals surface area contributed by atoms with Crippen molar-refractivity contribution < 1.29 is 13.5 Å². The number of aromatic nitrogens is 1. The number of aliphatic hydroxyl groups is 1. The average molecular weight is 304 g/mol. The number of hydrogen-bond donors (Lipinski definition) is 1. The van der Waals surface area contributed by atoms with Crippen molar-refractivity contribution in [3.63, 3.8) is 0 Å². The summed E-state index contributed by atoms with van der Waals surface area (Å²) in [6, 6.07) is 9.75. The van der Waals surface area contributed by atoms with Gasteiger partial charge in [-0.15, -0.1) is 0 Å². The van der Waals surface area contributed by atoms with Gasteiger partial charge in [0.1, 0.15) is 0 Å². The molecule has 5 nitrogen and oxygen atoms in total. The van der Waals surface area contributed by atoms with Crippen molar-refractivity contribution in [2.75, 3.05) is 7.05 Å². The molecule has 21 heavy (non-hydrogen) atoms. The number of hydrogen-bond acceptors (Lipinski definition) is 4. The number of pyridine rings is 1. The SMILES string of the molecule is CN1[C@@H](Cc2cccnc2)[C@H](O)c2ccccc2S1(=O)=O. The summed E-state index contributed by atoms with van der Waals surface area (Å²) in [5.74, 6) is 0. The molecule has 1 aromatic carbocycles. The molecule has 2 heterocycles. The first kappa shape index (κ1) is 14.2. The van der Waals surface area contributed by atoms with Crippen LogP contribution in [0.4, 0.5) is 0 Å². The third kappa shape index (κ3) is 2.35. The smallest absolute Gasteiger partial charge is 0.243 e. The van der Waals surface area contributed by atoms with Gasteiger partial charge in [-0.1, -0.05) is 24.3 Å². The first-order chi connectivity index (χ1) is 10.0. The largest absolute Gasteiger partial charge is 0.387 e. The van der Waals surface area contributed by atoms with Crippen LogP contribution in [0.2, 0.25) is 0 Å². The van der Waals surface area contributed by atoms with Gasteiger partial charge in [0.15, 0.2) is 0 Å². The third-order valence-electron chi connectivity index (χ3n) is 3.89. The molecule has 0 saturated carbocycles. The molecule has 1 aromatic heterocycles. The van der Waals surface area contributed by atoms with E-state index >= 15 is 0 Å². The summed E-state index contributed by atoms with van der Waals surface area (Å²) in [6.07, 6.45) is 2.92. The van der Waals surface area contributed by atoms with Gasteiger partial charge >= 0.3 is 0 Å². The van der Waals surface area contributed by atoms with E-state index in [4.69, 9.17) is 0 Å². The van der Waals surface area contributed by atoms with Crippen molar-refractivity contribution in [3.8, 4) is 0 Å². The summed E-state index contributed by atoms with van der Waals surface area (Å²) in [6.45, 7) is 0. The van der Waals surface area contributed by atoms with Crippen LogP contribution in [0, 0.1) is 0 Å². The van der Waals surface area contributed by atoms with E-state index < -0.39 is 22.2 Å². The maximum Gasteiger partial charge on any atom is 0.243 e. The minimum atomic E-state index is -3.57. The number of nitrogens with zero attached hydrogens (tertiary/aromatic N) is 2. The highest BCUT2D eigenvalue weighted by atomic mass is 32.2. The normalized spacial score (nSPS) is 24.5. The first-order valence-corrected chi connectivity index (χ1v) is 8.10. The molecule has 0 amide bonds. The highest BCUT2D eigenvalue weighted by Gasteiger charge is 2.41. The van der Waals surface area contributed by atoms with Crippen molar-refractivity contribution >= 4 is 10.0 Å². The quantitative estimate of drug-likeness (QED) is 0.909. The molecule has 0 spiro atoms. The zero-order valence-electron chi connectivity index (χ0n) is 11.5. The Morgan fingerprint density at radius 2 is 2.00 bits per heavy atom. The second-order valence-electron chi connectivity index (χ2n) is 5.14. The molecule has 0 bridgehead atoms. The Morgan fingerprint density at radius 1 is 1.24 bits per heavy atom. The molecular formula is C15H16N2O3S. The lowest BCUT2D eigenvalue weighted by Gasteiger charge is -2.37. The van der Waals surface area contributed by atoms with Crippen molar-refractivity contribution in [1.29, 1.82) is 0 Å². The fourth-order valence-corrected chi connectivity index (χ4v) is 4.29. The Hall–Kier alpha value is -1.76. The number of benzene rings is 1. The number of rotatable bonds is 2. The molecule has 0 radical (unpaired) electrons. The molecule has 110 valence electrons. The average Bonchev–Trinajstić information content (AvgIpc) is 2.51. The Balaban J connectivity index is 2.04. The van der Waals surface area contributed by atoms with Gasteiger partial charge in [-0.3, -0.25) is 4.98 Å². The summed E-state index contributed by atoms with van der Waals surface area (Å²) in [4.78, 5) is 4.21. The van der Waals surface area contributed by atoms with Crippen LogP contribution in [-0.4, -0.2) is 35.9 Å². The summed E-state index contributed by atoms with van der Waals surface area (Å²) < 4.78 is 26.4. The highest BCUT2D eigenvalue weighted by Crippen LogP contribution is 2.36. The first-order valence-electron chi connectivity index (χ1n) is 6.66. The molecule has 0 aliphatic carbocycles. The lowest BCUT2D eigenvalue weighted by atomic mass is 9.96. The Morgan fingerprint density at radius 3 is 2.71 bits per heavy atom. The Bertz CT molecular complexity index is 747. The summed E-state index contributed by atoms with van der Waals surface area (Å²) in [7, 11) is -2.06. The van der Waals surface area contributed by atoms with Crippen LogP contribution < -0.4 is 0 Å². The van der Waals surface area contributed by atoms with Crippen LogP contribution in [0.3, 0.4) is 0 Å². The predicted octanol–water partition coefficient (Wildman–Crippen LogP) is 1.36. The van der Waals surface area contributed by atoms with Crippen LogP contribution in [0.1, 0.15) is 17.2 Å². The van der Waals surface area contributed by atoms with Crippen LogP contribution in [-0.2, 0) is 16.4 Å². The molecule has 2 aromatic rings. The predicted molar refractivity (Wildman–Crippen MR) is 78.1 cm³/mol. The Kier molecular flexibility index (Phi) is 3.52. The molecule has 1 N–H and O–H groups in total. The van der Waals surface area contributed by atoms with Gasteiger partial charge in [-0.25, -0.2) is 8.42 Å². The molecule has 1 aliphatic heterocycles. The van der Waals surface area contributed by atoms with E-state index in [1.807, 2.05) is 6.07 Å². The van der Waals surface area contributed by atoms with Crippen molar-refractivity contribution in [1.82, 2.24) is 9.29 Å². The van der Waals surface area contributed by atoms with Gasteiger partial charge in [-0.2, -0.15) is 4.31 Å². The van der Waals surface area contributed by atoms with E-state index in [0.717, 1.165) is 5.56 Å². The van der Waals surface area contributed by atoms with Gasteiger partial charge in [0.05, 0.1) is 17.0 Å². The summed E-state index contributed by atoms with van der Waals surface area (Å²) in [5.41, 5.74) is 1.35. The molecule has 6 heteroatoms. The number of aliphatic hydroxyl groups excluding tert-OH is 1. The van der Waals surface area contributed by atoms with E-state index in [0.29, 0.717) is 12.0 Å². The zero-order valence-corrected chi connectivity index (χ0v) is 12.4. The van der Waals surface area contributed by atoms with Crippen LogP contribution in [0.15, 0.2) is 53.7 Å². The minimum absolute atomic E-state index is 0.183. The monoisotopic (exact) mass is 304 g/mol. The zero-order chi connectivity index (χ0) is 15.0. The van der Waals surface area contributed by atoms with Crippen LogP contribution in [0.5, 0.6) is 0 Å². The molecule has 2 atom stereocenters. The van der Waals surface area contributed by atoms with E-state index in [1.165, 1.54) is 17.4 Å². The molecular weight excluding hydrogens is 288 g/mol. The minimum Gasteiger partial charge on any atom is -0.387 e. The second kappa shape index (κ2) is 5.22. The topological polar surface area (TPSA) is 70.5 Å². The fraction of sp³-hybridized carbons (Fsp3) is 0.267. The molecule has 0 fully saturated rings. The maximum atomic E-state index is 12.5. The number of likely N-dealkylation sites (N-methyl/N-ethyl adjacent to an activating group) is 1. The van der Waals surface area contributed by atoms with Gasteiger partial charge in [0.2, 0.25) is 10.0 Å². The van der Waals surface area contributed by atoms with E-state index in [1.54, 1.807) is 36.7 Å². The van der Waals surface area contributed by atoms with Crippen LogP contribution in [0.25, 0.3) is 0 Å². The van der Waals surface area contributed by atoms with Gasteiger partial charge in [-0.05, 0) is 24.1 Å². The van der Waals surface area contributed by atoms with Crippen molar-refractivity contribution in [3.05, 3.63) is 59.9 Å². The molecule has 0 unspecified atom stereocenters. The number of fused-ring (bicyclic) bond motifs is 1. The van der Waals surface area contributed by atoms with Crippen LogP contribution >= 0.6 is 0 Å². The van der Waals surface area contributed by atoms with Gasteiger partial charge < -0.3 is 5.11 Å². The second-order valence-corrected chi connectivity index (χ2v) is 7.10. The fourth-order valence-electron chi connectivity index (χ4n) is 2.70. The lowest BCUT2D eigenvalue weighted by Crippen LogP contribution is -2.46. The number of sulfonamides is 1.